The average Bonchev–Trinajstić information content (AvgIpc) is 3.58. The smallest absolute Gasteiger partial charge is 0.442 e. The van der Waals surface area contributed by atoms with Crippen molar-refractivity contribution >= 4 is 83.9 Å². The number of ether oxygens (including phenoxy) is 4. The highest BCUT2D eigenvalue weighted by Gasteiger charge is 2.29. The SMILES string of the molecule is C#CCOc1cc(-n2nc(C(C)(C)C)oc2=O)c(Cl)cc1Cl.COc1cc(OC)nc(NC(=O)NS(=O)(=O)N(C)S(C)(=O)=O)n1.O=C(O)COc1ccc(Cl)c2cccnc12. The first-order valence-corrected chi connectivity index (χ1v) is 21.1. The summed E-state index contributed by atoms with van der Waals surface area (Å²) < 4.78 is 73.7. The van der Waals surface area contributed by atoms with E-state index in [-0.39, 0.29) is 38.1 Å². The van der Waals surface area contributed by atoms with Gasteiger partial charge in [-0.3, -0.25) is 10.3 Å². The van der Waals surface area contributed by atoms with Crippen LogP contribution in [0.15, 0.2) is 57.9 Å². The number of nitrogens with zero attached hydrogens (tertiary/aromatic N) is 6. The van der Waals surface area contributed by atoms with Crippen LogP contribution in [0, 0.1) is 12.3 Å². The van der Waals surface area contributed by atoms with Crippen LogP contribution in [0.5, 0.6) is 23.3 Å². The molecule has 0 radical (unpaired) electrons. The van der Waals surface area contributed by atoms with Crippen LogP contribution in [0.1, 0.15) is 26.7 Å². The molecule has 2 aromatic carbocycles. The van der Waals surface area contributed by atoms with Gasteiger partial charge < -0.3 is 28.5 Å². The van der Waals surface area contributed by atoms with E-state index >= 15 is 0 Å². The third-order valence-corrected chi connectivity index (χ3v) is 11.5. The third kappa shape index (κ3) is 14.1. The second kappa shape index (κ2) is 21.1. The van der Waals surface area contributed by atoms with Crippen LogP contribution in [0.25, 0.3) is 16.6 Å². The molecular weight excluding hydrogens is 911 g/mol. The number of terminal acetylenes is 1. The fraction of sp³-hybridized carbons (Fsp3) is 0.286. The molecule has 0 saturated heterocycles. The topological polar surface area (TPSA) is 274 Å². The summed E-state index contributed by atoms with van der Waals surface area (Å²) in [5.74, 6) is 1.50. The van der Waals surface area contributed by atoms with Gasteiger partial charge in [0.25, 0.3) is 0 Å². The molecule has 0 aliphatic rings. The summed E-state index contributed by atoms with van der Waals surface area (Å²) in [7, 11) is -5.27. The van der Waals surface area contributed by atoms with Crippen molar-refractivity contribution < 1.29 is 54.9 Å². The number of carbonyl (C=O) groups is 2. The van der Waals surface area contributed by atoms with Crippen molar-refractivity contribution in [3.63, 3.8) is 0 Å². The van der Waals surface area contributed by atoms with Crippen LogP contribution in [0.3, 0.4) is 0 Å². The highest BCUT2D eigenvalue weighted by atomic mass is 35.5. The molecule has 0 unspecified atom stereocenters. The van der Waals surface area contributed by atoms with Crippen LogP contribution in [0.2, 0.25) is 15.1 Å². The number of amides is 2. The zero-order valence-corrected chi connectivity index (χ0v) is 37.0. The first kappa shape index (κ1) is 49.5. The van der Waals surface area contributed by atoms with Crippen LogP contribution in [-0.2, 0) is 30.4 Å². The number of urea groups is 1. The van der Waals surface area contributed by atoms with Gasteiger partial charge in [-0.1, -0.05) is 65.2 Å². The number of sulfonamides is 1. The standard InChI is InChI=1S/C15H14Cl2N2O3.C11H8ClNO3.C9H15N5O7S2/c1-5-6-21-12-8-11(9(16)7-10(12)17)19-14(20)22-13(18-19)15(2,3)4;12-8-3-4-9(16-6-10(14)15)11-7(8)2-1-5-13-11;1-14(22(4,16)17)23(18,19)13-9(15)12-8-10-6(20-2)5-7(11-8)21-3/h1,7-8H,6H2,2-4H3;1-5H,6H2,(H,14,15);5H,1-4H3,(H2,10,11,12,13,15). The van der Waals surface area contributed by atoms with Crippen molar-refractivity contribution in [3.8, 4) is 41.3 Å². The predicted octanol–water partition coefficient (Wildman–Crippen LogP) is 4.54. The van der Waals surface area contributed by atoms with E-state index in [0.717, 1.165) is 17.1 Å². The minimum absolute atomic E-state index is 0.00654. The number of halogens is 3. The van der Waals surface area contributed by atoms with Gasteiger partial charge in [0.1, 0.15) is 23.6 Å². The number of pyridine rings is 1. The number of methoxy groups -OCH3 is 2. The zero-order chi connectivity index (χ0) is 45.9. The Labute approximate surface area is 364 Å². The lowest BCUT2D eigenvalue weighted by Gasteiger charge is -2.15. The molecule has 0 aliphatic heterocycles. The first-order chi connectivity index (χ1) is 28.4. The first-order valence-electron chi connectivity index (χ1n) is 16.7. The van der Waals surface area contributed by atoms with Gasteiger partial charge in [0, 0.05) is 30.1 Å². The summed E-state index contributed by atoms with van der Waals surface area (Å²) in [6.07, 6.45) is 7.42. The molecule has 2 amide bonds. The van der Waals surface area contributed by atoms with Gasteiger partial charge in [-0.15, -0.1) is 11.5 Å². The molecule has 5 aromatic rings. The van der Waals surface area contributed by atoms with E-state index in [1.54, 1.807) is 30.5 Å². The number of carboxylic acid groups (broad SMARTS) is 1. The van der Waals surface area contributed by atoms with Gasteiger partial charge in [-0.25, -0.2) is 27.5 Å². The van der Waals surface area contributed by atoms with Crippen molar-refractivity contribution in [2.24, 2.45) is 0 Å². The van der Waals surface area contributed by atoms with Gasteiger partial charge >= 0.3 is 28.0 Å². The van der Waals surface area contributed by atoms with E-state index in [9.17, 15) is 31.2 Å². The van der Waals surface area contributed by atoms with Crippen molar-refractivity contribution in [2.75, 3.05) is 46.1 Å². The van der Waals surface area contributed by atoms with Crippen LogP contribution in [0.4, 0.5) is 10.7 Å². The van der Waals surface area contributed by atoms with Crippen LogP contribution < -0.4 is 34.7 Å². The molecule has 0 atom stereocenters. The van der Waals surface area contributed by atoms with Crippen LogP contribution in [-0.4, -0.2) is 103 Å². The number of hydrogen-bond donors (Lipinski definition) is 3. The fourth-order valence-corrected chi connectivity index (χ4v) is 6.85. The molecule has 0 spiro atoms. The van der Waals surface area contributed by atoms with Crippen molar-refractivity contribution in [2.45, 2.75) is 26.2 Å². The molecule has 26 heteroatoms. The molecule has 0 saturated carbocycles. The summed E-state index contributed by atoms with van der Waals surface area (Å²) in [6, 6.07) is 9.85. The summed E-state index contributed by atoms with van der Waals surface area (Å²) in [5.41, 5.74) is 0.463. The van der Waals surface area contributed by atoms with E-state index < -0.39 is 50.0 Å². The van der Waals surface area contributed by atoms with Gasteiger partial charge in [-0.2, -0.15) is 23.1 Å². The molecule has 5 rings (SSSR count). The maximum Gasteiger partial charge on any atom is 0.442 e. The maximum atomic E-state index is 12.0. The van der Waals surface area contributed by atoms with Crippen molar-refractivity contribution in [1.29, 1.82) is 0 Å². The van der Waals surface area contributed by atoms with E-state index in [4.69, 9.17) is 69.7 Å². The fourth-order valence-electron chi connectivity index (χ4n) is 4.17. The molecule has 3 aromatic heterocycles. The van der Waals surface area contributed by atoms with E-state index in [1.807, 2.05) is 26.1 Å². The predicted molar refractivity (Wildman–Crippen MR) is 224 cm³/mol. The molecule has 61 heavy (non-hydrogen) atoms. The Morgan fingerprint density at radius 1 is 0.967 bits per heavy atom. The van der Waals surface area contributed by atoms with Crippen molar-refractivity contribution in [3.05, 3.63) is 80.2 Å². The van der Waals surface area contributed by atoms with Crippen molar-refractivity contribution in [1.82, 2.24) is 33.2 Å². The number of hydrogen-bond acceptors (Lipinski definition) is 16. The number of fused-ring (bicyclic) bond motifs is 1. The Morgan fingerprint density at radius 3 is 2.15 bits per heavy atom. The van der Waals surface area contributed by atoms with Gasteiger partial charge in [0.05, 0.1) is 47.3 Å². The Hall–Kier alpha value is -5.90. The van der Waals surface area contributed by atoms with Gasteiger partial charge in [-0.05, 0) is 30.3 Å². The monoisotopic (exact) mass is 946 g/mol. The largest absolute Gasteiger partial charge is 0.481 e. The number of nitrogens with one attached hydrogen (secondary N) is 2. The molecule has 328 valence electrons. The normalized spacial score (nSPS) is 11.2. The number of aliphatic carboxylic acids is 1. The van der Waals surface area contributed by atoms with Crippen LogP contribution >= 0.6 is 34.8 Å². The molecule has 0 bridgehead atoms. The summed E-state index contributed by atoms with van der Waals surface area (Å²) >= 11 is 18.2. The maximum absolute atomic E-state index is 12.0. The lowest BCUT2D eigenvalue weighted by molar-refractivity contribution is -0.139. The van der Waals surface area contributed by atoms with E-state index in [0.29, 0.717) is 39.9 Å². The summed E-state index contributed by atoms with van der Waals surface area (Å²) in [4.78, 5) is 45.7. The van der Waals surface area contributed by atoms with Gasteiger partial charge in [0.2, 0.25) is 33.6 Å². The summed E-state index contributed by atoms with van der Waals surface area (Å²) in [6.45, 7) is 5.30. The molecule has 0 fully saturated rings. The lowest BCUT2D eigenvalue weighted by atomic mass is 9.97. The zero-order valence-electron chi connectivity index (χ0n) is 33.1. The lowest BCUT2D eigenvalue weighted by Crippen LogP contribution is -2.45. The Balaban J connectivity index is 0.000000248. The quantitative estimate of drug-likeness (QED) is 0.145. The highest BCUT2D eigenvalue weighted by molar-refractivity contribution is 8.03. The second-order valence-corrected chi connectivity index (χ2v) is 17.8. The molecule has 0 aliphatic carbocycles. The number of carbonyl (C=O) groups excluding carboxylic acids is 1. The van der Waals surface area contributed by atoms with E-state index in [1.165, 1.54) is 37.1 Å². The number of aromatic nitrogens is 5. The van der Waals surface area contributed by atoms with Gasteiger partial charge in [0.15, 0.2) is 6.61 Å². The Kier molecular flexibility index (Phi) is 17.1. The Morgan fingerprint density at radius 2 is 1.61 bits per heavy atom. The minimum atomic E-state index is -4.60. The number of carboxylic acids is 1. The van der Waals surface area contributed by atoms with E-state index in [2.05, 4.69) is 26.0 Å². The minimum Gasteiger partial charge on any atom is -0.481 e. The number of anilines is 1. The molecule has 3 heterocycles. The average molecular weight is 948 g/mol. The molecular formula is C35H37Cl3N8O13S2. The highest BCUT2D eigenvalue weighted by Crippen LogP contribution is 2.33. The Bertz CT molecular complexity index is 2700. The third-order valence-electron chi connectivity index (χ3n) is 7.11. The molecule has 21 nitrogen and oxygen atoms in total. The number of rotatable bonds is 12. The molecule has 3 N–H and O–H groups in total. The number of benzene rings is 2. The second-order valence-electron chi connectivity index (χ2n) is 12.7. The summed E-state index contributed by atoms with van der Waals surface area (Å²) in [5, 5.41) is 16.6.